The number of hydrogen-bond donors (Lipinski definition) is 1. The Balaban J connectivity index is 2.30. The van der Waals surface area contributed by atoms with Gasteiger partial charge in [-0.25, -0.2) is 4.98 Å². The highest BCUT2D eigenvalue weighted by Gasteiger charge is 2.18. The highest BCUT2D eigenvalue weighted by atomic mass is 32.2. The molecule has 0 fully saturated rings. The molecule has 64 valence electrons. The van der Waals surface area contributed by atoms with Gasteiger partial charge in [0, 0.05) is 23.1 Å². The number of aromatic nitrogens is 3. The first-order valence-corrected chi connectivity index (χ1v) is 5.04. The molecular formula is C9H7N3S. The van der Waals surface area contributed by atoms with Crippen molar-refractivity contribution in [1.82, 2.24) is 15.2 Å². The van der Waals surface area contributed by atoms with Crippen molar-refractivity contribution in [3.63, 3.8) is 0 Å². The maximum absolute atomic E-state index is 4.31. The number of H-pyrrole nitrogens is 1. The van der Waals surface area contributed by atoms with E-state index in [1.54, 1.807) is 11.8 Å². The molecule has 0 saturated carbocycles. The van der Waals surface area contributed by atoms with Gasteiger partial charge in [-0.05, 0) is 12.1 Å². The number of pyridine rings is 1. The van der Waals surface area contributed by atoms with E-state index in [4.69, 9.17) is 0 Å². The van der Waals surface area contributed by atoms with Crippen LogP contribution in [-0.2, 0) is 5.75 Å². The van der Waals surface area contributed by atoms with Gasteiger partial charge in [0.1, 0.15) is 5.03 Å². The van der Waals surface area contributed by atoms with Crippen molar-refractivity contribution in [2.75, 3.05) is 0 Å². The highest BCUT2D eigenvalue weighted by molar-refractivity contribution is 7.98. The lowest BCUT2D eigenvalue weighted by atomic mass is 10.1. The van der Waals surface area contributed by atoms with Crippen molar-refractivity contribution in [2.24, 2.45) is 0 Å². The summed E-state index contributed by atoms with van der Waals surface area (Å²) in [6.07, 6.45) is 3.71. The number of hydrogen-bond acceptors (Lipinski definition) is 3. The fourth-order valence-electron chi connectivity index (χ4n) is 1.50. The molecule has 3 rings (SSSR count). The molecule has 0 aromatic carbocycles. The van der Waals surface area contributed by atoms with Gasteiger partial charge in [0.05, 0.1) is 11.9 Å². The van der Waals surface area contributed by atoms with Gasteiger partial charge in [-0.3, -0.25) is 5.10 Å². The summed E-state index contributed by atoms with van der Waals surface area (Å²) in [5.41, 5.74) is 3.57. The summed E-state index contributed by atoms with van der Waals surface area (Å²) in [7, 11) is 0. The van der Waals surface area contributed by atoms with E-state index in [9.17, 15) is 0 Å². The zero-order valence-electron chi connectivity index (χ0n) is 6.82. The first kappa shape index (κ1) is 7.15. The van der Waals surface area contributed by atoms with Gasteiger partial charge < -0.3 is 0 Å². The normalized spacial score (nSPS) is 13.5. The van der Waals surface area contributed by atoms with Crippen molar-refractivity contribution in [3.05, 3.63) is 30.1 Å². The molecule has 4 heteroatoms. The second kappa shape index (κ2) is 2.60. The van der Waals surface area contributed by atoms with Crippen LogP contribution in [-0.4, -0.2) is 15.2 Å². The minimum absolute atomic E-state index is 0.968. The van der Waals surface area contributed by atoms with Crippen LogP contribution < -0.4 is 0 Å². The van der Waals surface area contributed by atoms with Crippen molar-refractivity contribution < 1.29 is 0 Å². The molecule has 13 heavy (non-hydrogen) atoms. The number of fused-ring (bicyclic) bond motifs is 3. The molecule has 0 radical (unpaired) electrons. The minimum atomic E-state index is 0.968. The summed E-state index contributed by atoms with van der Waals surface area (Å²) >= 11 is 1.76. The quantitative estimate of drug-likeness (QED) is 0.689. The molecule has 0 atom stereocenters. The van der Waals surface area contributed by atoms with Gasteiger partial charge in [-0.1, -0.05) is 0 Å². The van der Waals surface area contributed by atoms with E-state index in [0.29, 0.717) is 0 Å². The van der Waals surface area contributed by atoms with Crippen molar-refractivity contribution >= 4 is 11.8 Å². The van der Waals surface area contributed by atoms with Gasteiger partial charge >= 0.3 is 0 Å². The van der Waals surface area contributed by atoms with Crippen LogP contribution in [0.15, 0.2) is 29.6 Å². The fourth-order valence-corrected chi connectivity index (χ4v) is 2.47. The molecule has 1 aliphatic rings. The molecule has 0 unspecified atom stereocenters. The summed E-state index contributed by atoms with van der Waals surface area (Å²) in [6, 6.07) is 4.03. The molecule has 1 aliphatic heterocycles. The first-order valence-electron chi connectivity index (χ1n) is 4.05. The molecule has 0 bridgehead atoms. The van der Waals surface area contributed by atoms with E-state index in [1.807, 2.05) is 18.5 Å². The maximum Gasteiger partial charge on any atom is 0.106 e. The average molecular weight is 189 g/mol. The summed E-state index contributed by atoms with van der Waals surface area (Å²) in [5, 5.41) is 8.14. The van der Waals surface area contributed by atoms with E-state index in [1.165, 1.54) is 11.1 Å². The summed E-state index contributed by atoms with van der Waals surface area (Å²) in [6.45, 7) is 0. The van der Waals surface area contributed by atoms with E-state index in [-0.39, 0.29) is 0 Å². The number of nitrogens with zero attached hydrogens (tertiary/aromatic N) is 2. The molecule has 0 saturated heterocycles. The third kappa shape index (κ3) is 0.986. The molecule has 2 aromatic rings. The van der Waals surface area contributed by atoms with E-state index >= 15 is 0 Å². The third-order valence-corrected chi connectivity index (χ3v) is 3.18. The van der Waals surface area contributed by atoms with Gasteiger partial charge in [-0.15, -0.1) is 11.8 Å². The van der Waals surface area contributed by atoms with Gasteiger partial charge in [0.25, 0.3) is 0 Å². The Morgan fingerprint density at radius 2 is 2.46 bits per heavy atom. The van der Waals surface area contributed by atoms with Crippen molar-refractivity contribution in [3.8, 4) is 11.3 Å². The van der Waals surface area contributed by atoms with Gasteiger partial charge in [0.15, 0.2) is 0 Å². The maximum atomic E-state index is 4.31. The second-order valence-corrected chi connectivity index (χ2v) is 3.88. The molecule has 3 nitrogen and oxygen atoms in total. The lowest BCUT2D eigenvalue weighted by molar-refractivity contribution is 1.07. The molecule has 0 aliphatic carbocycles. The lowest BCUT2D eigenvalue weighted by Crippen LogP contribution is -1.95. The molecule has 2 aromatic heterocycles. The summed E-state index contributed by atoms with van der Waals surface area (Å²) in [5.74, 6) is 0.968. The predicted molar refractivity (Wildman–Crippen MR) is 51.4 cm³/mol. The van der Waals surface area contributed by atoms with Crippen molar-refractivity contribution in [1.29, 1.82) is 0 Å². The number of nitrogens with one attached hydrogen (secondary N) is 1. The monoisotopic (exact) mass is 189 g/mol. The molecule has 0 spiro atoms. The Bertz CT molecular complexity index is 450. The smallest absolute Gasteiger partial charge is 0.106 e. The van der Waals surface area contributed by atoms with Gasteiger partial charge in [0.2, 0.25) is 0 Å². The Morgan fingerprint density at radius 1 is 1.46 bits per heavy atom. The molecule has 3 heterocycles. The number of rotatable bonds is 0. The Morgan fingerprint density at radius 3 is 3.46 bits per heavy atom. The zero-order valence-corrected chi connectivity index (χ0v) is 7.64. The van der Waals surface area contributed by atoms with Gasteiger partial charge in [-0.2, -0.15) is 5.10 Å². The van der Waals surface area contributed by atoms with E-state index in [0.717, 1.165) is 16.5 Å². The molecular weight excluding hydrogens is 182 g/mol. The standard InChI is InChI=1S/C9H7N3S/c1-2-7-8-6(4-11-12-8)5-13-9(7)10-3-1/h1-4H,5H2,(H,11,12). The van der Waals surface area contributed by atoms with Crippen LogP contribution in [0, 0.1) is 0 Å². The molecule has 0 amide bonds. The van der Waals surface area contributed by atoms with Crippen LogP contribution in [0.4, 0.5) is 0 Å². The third-order valence-electron chi connectivity index (χ3n) is 2.12. The van der Waals surface area contributed by atoms with Crippen LogP contribution in [0.5, 0.6) is 0 Å². The predicted octanol–water partition coefficient (Wildman–Crippen LogP) is 2.08. The summed E-state index contributed by atoms with van der Waals surface area (Å²) < 4.78 is 0. The summed E-state index contributed by atoms with van der Waals surface area (Å²) in [4.78, 5) is 4.31. The zero-order chi connectivity index (χ0) is 8.67. The van der Waals surface area contributed by atoms with Crippen molar-refractivity contribution in [2.45, 2.75) is 10.8 Å². The van der Waals surface area contributed by atoms with Crippen LogP contribution in [0.1, 0.15) is 5.56 Å². The SMILES string of the molecule is c1cnc2c(c1)-c1[nH]ncc1CS2. The van der Waals surface area contributed by atoms with Crippen LogP contribution in [0.2, 0.25) is 0 Å². The highest BCUT2D eigenvalue weighted by Crippen LogP contribution is 2.38. The van der Waals surface area contributed by atoms with E-state index < -0.39 is 0 Å². The largest absolute Gasteiger partial charge is 0.277 e. The van der Waals surface area contributed by atoms with Crippen LogP contribution in [0.25, 0.3) is 11.3 Å². The first-order chi connectivity index (χ1) is 6.45. The Hall–Kier alpha value is -1.29. The Kier molecular flexibility index (Phi) is 1.43. The second-order valence-electron chi connectivity index (χ2n) is 2.92. The van der Waals surface area contributed by atoms with Crippen LogP contribution in [0.3, 0.4) is 0 Å². The fraction of sp³-hybridized carbons (Fsp3) is 0.111. The van der Waals surface area contributed by atoms with Crippen LogP contribution >= 0.6 is 11.8 Å². The average Bonchev–Trinajstić information content (AvgIpc) is 2.65. The van der Waals surface area contributed by atoms with E-state index in [2.05, 4.69) is 21.2 Å². The topological polar surface area (TPSA) is 41.6 Å². The number of thioether (sulfide) groups is 1. The minimum Gasteiger partial charge on any atom is -0.277 e. The number of aromatic amines is 1. The Labute approximate surface area is 79.6 Å². The molecule has 1 N–H and O–H groups in total. The lowest BCUT2D eigenvalue weighted by Gasteiger charge is -2.12.